The third-order valence-corrected chi connectivity index (χ3v) is 3.48. The predicted octanol–water partition coefficient (Wildman–Crippen LogP) is 4.19. The van der Waals surface area contributed by atoms with Crippen molar-refractivity contribution in [2.75, 3.05) is 0 Å². The molecular weight excluding hydrogens is 342 g/mol. The fourth-order valence-electron chi connectivity index (χ4n) is 1.87. The molecule has 0 radical (unpaired) electrons. The number of halogens is 2. The number of hydrogen-bond acceptors (Lipinski definition) is 3. The summed E-state index contributed by atoms with van der Waals surface area (Å²) in [5, 5.41) is 8.15. The highest BCUT2D eigenvalue weighted by atomic mass is 79.9. The van der Waals surface area contributed by atoms with E-state index >= 15 is 0 Å². The molecule has 0 unspecified atom stereocenters. The largest absolute Gasteiger partial charge is 0.455 e. The zero-order valence-corrected chi connectivity index (χ0v) is 13.3. The molecule has 3 N–H and O–H groups in total. The van der Waals surface area contributed by atoms with Crippen LogP contribution in [0.5, 0.6) is 11.5 Å². The van der Waals surface area contributed by atoms with Crippen LogP contribution in [0.15, 0.2) is 28.7 Å². The van der Waals surface area contributed by atoms with Crippen molar-refractivity contribution in [1.29, 1.82) is 5.41 Å². The highest BCUT2D eigenvalue weighted by Crippen LogP contribution is 2.34. The van der Waals surface area contributed by atoms with Gasteiger partial charge < -0.3 is 10.5 Å². The first-order valence-corrected chi connectivity index (χ1v) is 7.01. The third kappa shape index (κ3) is 3.11. The topological polar surface area (TPSA) is 72.0 Å². The van der Waals surface area contributed by atoms with E-state index < -0.39 is 0 Å². The number of nitrogens with zero attached hydrogens (tertiary/aromatic N) is 1. The molecule has 6 heteroatoms. The van der Waals surface area contributed by atoms with Gasteiger partial charge in [0.2, 0.25) is 0 Å². The number of nitrogen functional groups attached to an aromatic ring is 1. The zero-order chi connectivity index (χ0) is 14.9. The molecule has 0 saturated heterocycles. The molecule has 2 aromatic rings. The second-order valence-corrected chi connectivity index (χ2v) is 5.64. The zero-order valence-electron chi connectivity index (χ0n) is 11.0. The van der Waals surface area contributed by atoms with Crippen molar-refractivity contribution in [2.24, 2.45) is 5.73 Å². The molecule has 1 aromatic heterocycles. The first kappa shape index (κ1) is 14.8. The lowest BCUT2D eigenvalue weighted by molar-refractivity contribution is 0.479. The highest BCUT2D eigenvalue weighted by molar-refractivity contribution is 9.10. The van der Waals surface area contributed by atoms with Crippen LogP contribution in [0, 0.1) is 19.3 Å². The molecule has 104 valence electrons. The quantitative estimate of drug-likeness (QED) is 0.641. The Kier molecular flexibility index (Phi) is 4.30. The lowest BCUT2D eigenvalue weighted by Gasteiger charge is -2.14. The van der Waals surface area contributed by atoms with Gasteiger partial charge in [-0.1, -0.05) is 27.5 Å². The van der Waals surface area contributed by atoms with Crippen molar-refractivity contribution < 1.29 is 4.74 Å². The van der Waals surface area contributed by atoms with Crippen molar-refractivity contribution in [3.05, 3.63) is 50.7 Å². The van der Waals surface area contributed by atoms with Gasteiger partial charge >= 0.3 is 0 Å². The molecule has 0 aliphatic carbocycles. The summed E-state index contributed by atoms with van der Waals surface area (Å²) in [5.41, 5.74) is 7.52. The van der Waals surface area contributed by atoms with Crippen LogP contribution < -0.4 is 10.5 Å². The Morgan fingerprint density at radius 3 is 2.65 bits per heavy atom. The molecule has 0 bridgehead atoms. The summed E-state index contributed by atoms with van der Waals surface area (Å²) < 4.78 is 6.67. The maximum absolute atomic E-state index is 7.66. The minimum atomic E-state index is -0.0869. The number of benzene rings is 1. The van der Waals surface area contributed by atoms with E-state index in [4.69, 9.17) is 27.5 Å². The molecule has 0 amide bonds. The van der Waals surface area contributed by atoms with Crippen molar-refractivity contribution in [3.8, 4) is 11.5 Å². The summed E-state index contributed by atoms with van der Waals surface area (Å²) in [6.45, 7) is 3.64. The molecule has 20 heavy (non-hydrogen) atoms. The maximum atomic E-state index is 7.66. The van der Waals surface area contributed by atoms with Gasteiger partial charge in [-0.15, -0.1) is 0 Å². The Bertz CT molecular complexity index is 688. The fraction of sp³-hybridized carbons (Fsp3) is 0.143. The first-order chi connectivity index (χ1) is 9.38. The van der Waals surface area contributed by atoms with Crippen molar-refractivity contribution in [3.63, 3.8) is 0 Å². The molecule has 2 rings (SSSR count). The minimum Gasteiger partial charge on any atom is -0.455 e. The summed E-state index contributed by atoms with van der Waals surface area (Å²) in [6.07, 6.45) is 0. The molecule has 0 atom stereocenters. The maximum Gasteiger partial charge on any atom is 0.147 e. The predicted molar refractivity (Wildman–Crippen MR) is 84.0 cm³/mol. The lowest BCUT2D eigenvalue weighted by atomic mass is 10.1. The van der Waals surface area contributed by atoms with E-state index in [1.807, 2.05) is 13.0 Å². The van der Waals surface area contributed by atoms with E-state index in [1.54, 1.807) is 25.1 Å². The number of pyridine rings is 1. The molecule has 0 spiro atoms. The normalized spacial score (nSPS) is 10.4. The third-order valence-electron chi connectivity index (χ3n) is 2.67. The number of hydrogen-bond donors (Lipinski definition) is 2. The van der Waals surface area contributed by atoms with E-state index in [0.717, 1.165) is 10.2 Å². The minimum absolute atomic E-state index is 0.0869. The lowest BCUT2D eigenvalue weighted by Crippen LogP contribution is -2.15. The van der Waals surface area contributed by atoms with E-state index in [2.05, 4.69) is 20.9 Å². The van der Waals surface area contributed by atoms with Crippen molar-refractivity contribution in [2.45, 2.75) is 13.8 Å². The standard InChI is InChI=1S/C14H13BrClN3O/c1-7-5-12(13(14(17)18)8(2)19-7)20-11-6-9(15)3-4-10(11)16/h3-6H,1-2H3,(H3,17,18). The average Bonchev–Trinajstić information content (AvgIpc) is 2.32. The number of aryl methyl sites for hydroxylation is 2. The highest BCUT2D eigenvalue weighted by Gasteiger charge is 2.14. The van der Waals surface area contributed by atoms with Crippen LogP contribution in [0.2, 0.25) is 5.02 Å². The Balaban J connectivity index is 2.53. The van der Waals surface area contributed by atoms with Gasteiger partial charge in [0.15, 0.2) is 0 Å². The van der Waals surface area contributed by atoms with Gasteiger partial charge in [0.05, 0.1) is 16.3 Å². The van der Waals surface area contributed by atoms with Crippen LogP contribution in [-0.2, 0) is 0 Å². The van der Waals surface area contributed by atoms with Gasteiger partial charge in [0.25, 0.3) is 0 Å². The van der Waals surface area contributed by atoms with Crippen LogP contribution >= 0.6 is 27.5 Å². The number of ether oxygens (including phenoxy) is 1. The van der Waals surface area contributed by atoms with Gasteiger partial charge in [-0.3, -0.25) is 10.4 Å². The second-order valence-electron chi connectivity index (χ2n) is 4.31. The summed E-state index contributed by atoms with van der Waals surface area (Å²) in [7, 11) is 0. The molecule has 0 aliphatic heterocycles. The number of amidine groups is 1. The monoisotopic (exact) mass is 353 g/mol. The van der Waals surface area contributed by atoms with Gasteiger partial charge in [-0.05, 0) is 32.0 Å². The number of nitrogens with one attached hydrogen (secondary N) is 1. The van der Waals surface area contributed by atoms with Gasteiger partial charge in [0.1, 0.15) is 17.3 Å². The summed E-state index contributed by atoms with van der Waals surface area (Å²) in [4.78, 5) is 4.29. The summed E-state index contributed by atoms with van der Waals surface area (Å²) >= 11 is 9.48. The van der Waals surface area contributed by atoms with E-state index in [0.29, 0.717) is 27.8 Å². The molecule has 1 aromatic carbocycles. The van der Waals surface area contributed by atoms with E-state index in [9.17, 15) is 0 Å². The Hall–Kier alpha value is -1.59. The van der Waals surface area contributed by atoms with E-state index in [-0.39, 0.29) is 5.84 Å². The van der Waals surface area contributed by atoms with Crippen LogP contribution in [-0.4, -0.2) is 10.8 Å². The van der Waals surface area contributed by atoms with Gasteiger partial charge in [0, 0.05) is 16.2 Å². The number of aromatic nitrogens is 1. The molecule has 0 aliphatic rings. The first-order valence-electron chi connectivity index (χ1n) is 5.84. The Labute approximate surface area is 130 Å². The van der Waals surface area contributed by atoms with Crippen LogP contribution in [0.4, 0.5) is 0 Å². The molecule has 4 nitrogen and oxygen atoms in total. The second kappa shape index (κ2) is 5.81. The number of nitrogens with two attached hydrogens (primary N) is 1. The Morgan fingerprint density at radius 2 is 2.00 bits per heavy atom. The smallest absolute Gasteiger partial charge is 0.147 e. The van der Waals surface area contributed by atoms with Crippen molar-refractivity contribution >= 4 is 33.4 Å². The average molecular weight is 355 g/mol. The molecule has 0 saturated carbocycles. The van der Waals surface area contributed by atoms with E-state index in [1.165, 1.54) is 0 Å². The van der Waals surface area contributed by atoms with Crippen LogP contribution in [0.3, 0.4) is 0 Å². The molecular formula is C14H13BrClN3O. The SMILES string of the molecule is Cc1cc(Oc2cc(Br)ccc2Cl)c(C(=N)N)c(C)n1. The molecule has 0 fully saturated rings. The van der Waals surface area contributed by atoms with Gasteiger partial charge in [-0.25, -0.2) is 0 Å². The fourth-order valence-corrected chi connectivity index (χ4v) is 2.37. The summed E-state index contributed by atoms with van der Waals surface area (Å²) in [5.74, 6) is 0.882. The molecule has 1 heterocycles. The van der Waals surface area contributed by atoms with Crippen LogP contribution in [0.25, 0.3) is 0 Å². The summed E-state index contributed by atoms with van der Waals surface area (Å²) in [6, 6.07) is 7.05. The Morgan fingerprint density at radius 1 is 1.30 bits per heavy atom. The number of rotatable bonds is 3. The van der Waals surface area contributed by atoms with Crippen LogP contribution in [0.1, 0.15) is 17.0 Å². The van der Waals surface area contributed by atoms with Crippen molar-refractivity contribution in [1.82, 2.24) is 4.98 Å². The van der Waals surface area contributed by atoms with Gasteiger partial charge in [-0.2, -0.15) is 0 Å².